The Morgan fingerprint density at radius 2 is 1.95 bits per heavy atom. The van der Waals surface area contributed by atoms with Gasteiger partial charge in [0.05, 0.1) is 14.2 Å². The maximum Gasteiger partial charge on any atom is 0.191 e. The minimum atomic E-state index is 0.639. The summed E-state index contributed by atoms with van der Waals surface area (Å²) in [6.45, 7) is 2.58. The van der Waals surface area contributed by atoms with E-state index in [-0.39, 0.29) is 0 Å². The minimum absolute atomic E-state index is 0.639. The van der Waals surface area contributed by atoms with Crippen molar-refractivity contribution in [2.45, 2.75) is 13.0 Å². The Balaban J connectivity index is 2.49. The molecule has 0 amide bonds. The molecule has 124 valence electrons. The molecule has 0 aromatic heterocycles. The van der Waals surface area contributed by atoms with Crippen LogP contribution in [0.1, 0.15) is 12.0 Å². The molecule has 0 atom stereocenters. The third-order valence-corrected chi connectivity index (χ3v) is 3.24. The molecule has 1 aromatic rings. The summed E-state index contributed by atoms with van der Waals surface area (Å²) in [6.07, 6.45) is 1.07. The van der Waals surface area contributed by atoms with Gasteiger partial charge in [-0.15, -0.1) is 0 Å². The van der Waals surface area contributed by atoms with Gasteiger partial charge in [-0.05, 0) is 39.2 Å². The lowest BCUT2D eigenvalue weighted by Gasteiger charge is -2.15. The first-order valence-corrected chi connectivity index (χ1v) is 7.40. The van der Waals surface area contributed by atoms with Crippen LogP contribution in [0.5, 0.6) is 11.5 Å². The van der Waals surface area contributed by atoms with E-state index in [0.717, 1.165) is 42.5 Å². The van der Waals surface area contributed by atoms with Gasteiger partial charge in [-0.25, -0.2) is 0 Å². The fourth-order valence-electron chi connectivity index (χ4n) is 2.00. The van der Waals surface area contributed by atoms with Crippen LogP contribution in [0.15, 0.2) is 23.2 Å². The summed E-state index contributed by atoms with van der Waals surface area (Å²) in [7, 11) is 9.22. The second kappa shape index (κ2) is 9.89. The van der Waals surface area contributed by atoms with Gasteiger partial charge < -0.3 is 25.0 Å². The molecule has 1 rings (SSSR count). The van der Waals surface area contributed by atoms with E-state index in [2.05, 4.69) is 34.6 Å². The molecule has 0 fully saturated rings. The van der Waals surface area contributed by atoms with E-state index in [1.54, 1.807) is 21.3 Å². The smallest absolute Gasteiger partial charge is 0.191 e. The second-order valence-corrected chi connectivity index (χ2v) is 5.19. The molecule has 2 N–H and O–H groups in total. The molecule has 0 spiro atoms. The van der Waals surface area contributed by atoms with E-state index >= 15 is 0 Å². The summed E-state index contributed by atoms with van der Waals surface area (Å²) in [6, 6.07) is 5.79. The fourth-order valence-corrected chi connectivity index (χ4v) is 2.00. The zero-order chi connectivity index (χ0) is 16.4. The standard InChI is InChI=1S/C16H28N4O2/c1-17-16(18-9-6-10-20(2)3)19-12-13-7-8-14(21-4)11-15(13)22-5/h7-8,11H,6,9-10,12H2,1-5H3,(H2,17,18,19). The van der Waals surface area contributed by atoms with Gasteiger partial charge in [0.15, 0.2) is 5.96 Å². The van der Waals surface area contributed by atoms with E-state index in [1.165, 1.54) is 0 Å². The maximum absolute atomic E-state index is 5.39. The van der Waals surface area contributed by atoms with Gasteiger partial charge in [0.25, 0.3) is 0 Å². The molecule has 0 aliphatic rings. The molecular weight excluding hydrogens is 280 g/mol. The minimum Gasteiger partial charge on any atom is -0.497 e. The number of rotatable bonds is 8. The molecular formula is C16H28N4O2. The average molecular weight is 308 g/mol. The number of methoxy groups -OCH3 is 2. The molecule has 0 bridgehead atoms. The van der Waals surface area contributed by atoms with Gasteiger partial charge in [0.2, 0.25) is 0 Å². The monoisotopic (exact) mass is 308 g/mol. The Kier molecular flexibility index (Phi) is 8.14. The fraction of sp³-hybridized carbons (Fsp3) is 0.562. The van der Waals surface area contributed by atoms with Crippen molar-refractivity contribution in [1.82, 2.24) is 15.5 Å². The van der Waals surface area contributed by atoms with Crippen LogP contribution in [0.2, 0.25) is 0 Å². The predicted molar refractivity (Wildman–Crippen MR) is 90.9 cm³/mol. The van der Waals surface area contributed by atoms with Crippen molar-refractivity contribution in [2.24, 2.45) is 4.99 Å². The molecule has 0 radical (unpaired) electrons. The second-order valence-electron chi connectivity index (χ2n) is 5.19. The zero-order valence-electron chi connectivity index (χ0n) is 14.3. The highest BCUT2D eigenvalue weighted by atomic mass is 16.5. The van der Waals surface area contributed by atoms with Crippen LogP contribution in [0.4, 0.5) is 0 Å². The molecule has 6 nitrogen and oxygen atoms in total. The van der Waals surface area contributed by atoms with Crippen LogP contribution in [0.3, 0.4) is 0 Å². The molecule has 0 heterocycles. The maximum atomic E-state index is 5.39. The molecule has 1 aromatic carbocycles. The summed E-state index contributed by atoms with van der Waals surface area (Å²) in [5.41, 5.74) is 1.06. The first-order chi connectivity index (χ1) is 10.6. The normalized spacial score (nSPS) is 11.5. The van der Waals surface area contributed by atoms with Crippen LogP contribution >= 0.6 is 0 Å². The first-order valence-electron chi connectivity index (χ1n) is 7.40. The number of guanidine groups is 1. The Labute approximate surface area is 133 Å². The van der Waals surface area contributed by atoms with E-state index in [0.29, 0.717) is 6.54 Å². The summed E-state index contributed by atoms with van der Waals surface area (Å²) in [5, 5.41) is 6.59. The zero-order valence-corrected chi connectivity index (χ0v) is 14.3. The van der Waals surface area contributed by atoms with Crippen molar-refractivity contribution < 1.29 is 9.47 Å². The Morgan fingerprint density at radius 1 is 1.18 bits per heavy atom. The summed E-state index contributed by atoms with van der Waals surface area (Å²) < 4.78 is 10.6. The van der Waals surface area contributed by atoms with E-state index in [1.807, 2.05) is 18.2 Å². The largest absolute Gasteiger partial charge is 0.497 e. The van der Waals surface area contributed by atoms with Gasteiger partial charge in [-0.1, -0.05) is 0 Å². The van der Waals surface area contributed by atoms with Crippen LogP contribution in [0.25, 0.3) is 0 Å². The van der Waals surface area contributed by atoms with Crippen molar-refractivity contribution >= 4 is 5.96 Å². The molecule has 0 saturated heterocycles. The Morgan fingerprint density at radius 3 is 2.55 bits per heavy atom. The van der Waals surface area contributed by atoms with Crippen molar-refractivity contribution in [3.8, 4) is 11.5 Å². The van der Waals surface area contributed by atoms with Crippen LogP contribution < -0.4 is 20.1 Å². The number of nitrogens with zero attached hydrogens (tertiary/aromatic N) is 2. The molecule has 22 heavy (non-hydrogen) atoms. The van der Waals surface area contributed by atoms with Gasteiger partial charge in [0.1, 0.15) is 11.5 Å². The molecule has 0 saturated carbocycles. The van der Waals surface area contributed by atoms with Crippen molar-refractivity contribution in [3.63, 3.8) is 0 Å². The van der Waals surface area contributed by atoms with Gasteiger partial charge in [-0.3, -0.25) is 4.99 Å². The Hall–Kier alpha value is -1.95. The van der Waals surface area contributed by atoms with Gasteiger partial charge >= 0.3 is 0 Å². The summed E-state index contributed by atoms with van der Waals surface area (Å²) in [5.74, 6) is 2.37. The van der Waals surface area contributed by atoms with Gasteiger partial charge in [0, 0.05) is 31.8 Å². The van der Waals surface area contributed by atoms with Crippen molar-refractivity contribution in [3.05, 3.63) is 23.8 Å². The van der Waals surface area contributed by atoms with Crippen molar-refractivity contribution in [1.29, 1.82) is 0 Å². The summed E-state index contributed by atoms with van der Waals surface area (Å²) in [4.78, 5) is 6.39. The molecule has 6 heteroatoms. The SMILES string of the molecule is CN=C(NCCCN(C)C)NCc1ccc(OC)cc1OC. The quantitative estimate of drug-likeness (QED) is 0.431. The molecule has 0 unspecified atom stereocenters. The lowest BCUT2D eigenvalue weighted by molar-refractivity contribution is 0.390. The molecule has 0 aliphatic carbocycles. The third kappa shape index (κ3) is 6.22. The first kappa shape index (κ1) is 18.1. The van der Waals surface area contributed by atoms with E-state index < -0.39 is 0 Å². The lowest BCUT2D eigenvalue weighted by atomic mass is 10.2. The number of hydrogen-bond donors (Lipinski definition) is 2. The topological polar surface area (TPSA) is 58.1 Å². The number of benzene rings is 1. The number of aliphatic imine (C=N–C) groups is 1. The third-order valence-electron chi connectivity index (χ3n) is 3.24. The lowest BCUT2D eigenvalue weighted by Crippen LogP contribution is -2.38. The predicted octanol–water partition coefficient (Wildman–Crippen LogP) is 1.32. The van der Waals surface area contributed by atoms with Crippen LogP contribution in [-0.2, 0) is 6.54 Å². The average Bonchev–Trinajstić information content (AvgIpc) is 2.53. The number of ether oxygens (including phenoxy) is 2. The Bertz CT molecular complexity index is 475. The van der Waals surface area contributed by atoms with E-state index in [4.69, 9.17) is 9.47 Å². The highest BCUT2D eigenvalue weighted by Gasteiger charge is 2.06. The van der Waals surface area contributed by atoms with Gasteiger partial charge in [-0.2, -0.15) is 0 Å². The van der Waals surface area contributed by atoms with Crippen LogP contribution in [-0.4, -0.2) is 59.3 Å². The number of nitrogens with one attached hydrogen (secondary N) is 2. The van der Waals surface area contributed by atoms with Crippen LogP contribution in [0, 0.1) is 0 Å². The molecule has 0 aliphatic heterocycles. The van der Waals surface area contributed by atoms with Crippen molar-refractivity contribution in [2.75, 3.05) is 48.5 Å². The number of hydrogen-bond acceptors (Lipinski definition) is 4. The van der Waals surface area contributed by atoms with E-state index in [9.17, 15) is 0 Å². The highest BCUT2D eigenvalue weighted by Crippen LogP contribution is 2.24. The summed E-state index contributed by atoms with van der Waals surface area (Å²) >= 11 is 0. The highest BCUT2D eigenvalue weighted by molar-refractivity contribution is 5.79.